The van der Waals surface area contributed by atoms with E-state index >= 15 is 0 Å². The molecule has 1 fully saturated rings. The van der Waals surface area contributed by atoms with Crippen molar-refractivity contribution in [2.75, 3.05) is 7.05 Å². The van der Waals surface area contributed by atoms with E-state index < -0.39 is 0 Å². The van der Waals surface area contributed by atoms with Crippen LogP contribution in [0.4, 0.5) is 0 Å². The quantitative estimate of drug-likeness (QED) is 0.778. The van der Waals surface area contributed by atoms with Crippen molar-refractivity contribution in [2.24, 2.45) is 5.92 Å². The van der Waals surface area contributed by atoms with Gasteiger partial charge in [0.25, 0.3) is 0 Å². The zero-order valence-electron chi connectivity index (χ0n) is 9.74. The van der Waals surface area contributed by atoms with E-state index in [9.17, 15) is 0 Å². The summed E-state index contributed by atoms with van der Waals surface area (Å²) in [5.41, 5.74) is 1.52. The molecule has 1 aromatic carbocycles. The molecule has 0 aliphatic heterocycles. The molecule has 1 heteroatoms. The summed E-state index contributed by atoms with van der Waals surface area (Å²) in [5.74, 6) is 1.58. The van der Waals surface area contributed by atoms with Crippen LogP contribution in [0.2, 0.25) is 0 Å². The van der Waals surface area contributed by atoms with E-state index in [1.807, 2.05) is 0 Å². The summed E-state index contributed by atoms with van der Waals surface area (Å²) in [6.45, 7) is 2.39. The van der Waals surface area contributed by atoms with Gasteiger partial charge in [0.15, 0.2) is 0 Å². The summed E-state index contributed by atoms with van der Waals surface area (Å²) in [6.07, 6.45) is 3.98. The Morgan fingerprint density at radius 3 is 2.53 bits per heavy atom. The summed E-state index contributed by atoms with van der Waals surface area (Å²) in [7, 11) is 2.09. The van der Waals surface area contributed by atoms with Gasteiger partial charge >= 0.3 is 0 Å². The van der Waals surface area contributed by atoms with Gasteiger partial charge in [-0.2, -0.15) is 0 Å². The summed E-state index contributed by atoms with van der Waals surface area (Å²) < 4.78 is 0. The number of hydrogen-bond donors (Lipinski definition) is 1. The molecule has 1 nitrogen and oxygen atoms in total. The van der Waals surface area contributed by atoms with E-state index in [1.54, 1.807) is 0 Å². The van der Waals surface area contributed by atoms with Crippen LogP contribution in [0.3, 0.4) is 0 Å². The van der Waals surface area contributed by atoms with Crippen molar-refractivity contribution in [3.8, 4) is 0 Å². The average molecular weight is 203 g/mol. The molecule has 0 amide bonds. The van der Waals surface area contributed by atoms with Crippen molar-refractivity contribution in [3.63, 3.8) is 0 Å². The smallest absolute Gasteiger partial charge is 0.00700 e. The third kappa shape index (κ3) is 2.40. The molecule has 2 rings (SSSR count). The molecule has 0 aromatic heterocycles. The van der Waals surface area contributed by atoms with Gasteiger partial charge in [0.05, 0.1) is 0 Å². The third-order valence-corrected chi connectivity index (χ3v) is 3.83. The van der Waals surface area contributed by atoms with Gasteiger partial charge in [-0.05, 0) is 43.7 Å². The molecule has 82 valence electrons. The maximum absolute atomic E-state index is 3.42. The van der Waals surface area contributed by atoms with Crippen molar-refractivity contribution >= 4 is 0 Å². The fraction of sp³-hybridized carbons (Fsp3) is 0.571. The van der Waals surface area contributed by atoms with E-state index in [0.29, 0.717) is 6.04 Å². The Hall–Kier alpha value is -0.820. The summed E-state index contributed by atoms with van der Waals surface area (Å²) in [6, 6.07) is 11.7. The second-order valence-corrected chi connectivity index (χ2v) is 4.79. The maximum Gasteiger partial charge on any atom is 0.00700 e. The molecule has 0 radical (unpaired) electrons. The van der Waals surface area contributed by atoms with Gasteiger partial charge in [-0.25, -0.2) is 0 Å². The van der Waals surface area contributed by atoms with E-state index in [1.165, 1.54) is 24.8 Å². The molecule has 0 heterocycles. The van der Waals surface area contributed by atoms with Gasteiger partial charge in [0.2, 0.25) is 0 Å². The zero-order valence-corrected chi connectivity index (χ0v) is 9.74. The van der Waals surface area contributed by atoms with Crippen molar-refractivity contribution < 1.29 is 0 Å². The second-order valence-electron chi connectivity index (χ2n) is 4.79. The van der Waals surface area contributed by atoms with Crippen LogP contribution in [0.15, 0.2) is 30.3 Å². The molecule has 3 unspecified atom stereocenters. The van der Waals surface area contributed by atoms with Gasteiger partial charge in [-0.15, -0.1) is 0 Å². The van der Waals surface area contributed by atoms with Crippen molar-refractivity contribution in [1.29, 1.82) is 0 Å². The number of nitrogens with one attached hydrogen (secondary N) is 1. The predicted molar refractivity (Wildman–Crippen MR) is 65.0 cm³/mol. The lowest BCUT2D eigenvalue weighted by Gasteiger charge is -2.34. The van der Waals surface area contributed by atoms with Crippen LogP contribution < -0.4 is 5.32 Å². The van der Waals surface area contributed by atoms with E-state index in [0.717, 1.165) is 11.8 Å². The standard InChI is InChI=1S/C14H21N/c1-11-8-9-13(15-2)10-14(11)12-6-4-3-5-7-12/h3-7,11,13-15H,8-10H2,1-2H3. The first kappa shape index (κ1) is 10.7. The van der Waals surface area contributed by atoms with Crippen LogP contribution >= 0.6 is 0 Å². The Morgan fingerprint density at radius 1 is 1.13 bits per heavy atom. The second kappa shape index (κ2) is 4.80. The first-order valence-corrected chi connectivity index (χ1v) is 6.03. The lowest BCUT2D eigenvalue weighted by Crippen LogP contribution is -2.33. The number of rotatable bonds is 2. The third-order valence-electron chi connectivity index (χ3n) is 3.83. The topological polar surface area (TPSA) is 12.0 Å². The van der Waals surface area contributed by atoms with Crippen LogP contribution in [0.5, 0.6) is 0 Å². The Morgan fingerprint density at radius 2 is 1.87 bits per heavy atom. The summed E-state index contributed by atoms with van der Waals surface area (Å²) >= 11 is 0. The molecular weight excluding hydrogens is 182 g/mol. The predicted octanol–water partition coefficient (Wildman–Crippen LogP) is 3.18. The van der Waals surface area contributed by atoms with Crippen LogP contribution in [0.1, 0.15) is 37.7 Å². The van der Waals surface area contributed by atoms with Gasteiger partial charge in [0, 0.05) is 6.04 Å². The van der Waals surface area contributed by atoms with Gasteiger partial charge in [-0.3, -0.25) is 0 Å². The molecule has 1 aromatic rings. The van der Waals surface area contributed by atoms with Crippen LogP contribution in [-0.2, 0) is 0 Å². The minimum absolute atomic E-state index is 0.714. The Labute approximate surface area is 92.9 Å². The Bertz CT molecular complexity index is 293. The Balaban J connectivity index is 2.13. The molecule has 0 bridgehead atoms. The Kier molecular flexibility index (Phi) is 3.42. The largest absolute Gasteiger partial charge is 0.317 e. The zero-order chi connectivity index (χ0) is 10.7. The molecule has 15 heavy (non-hydrogen) atoms. The van der Waals surface area contributed by atoms with Crippen LogP contribution in [0.25, 0.3) is 0 Å². The van der Waals surface area contributed by atoms with Crippen molar-refractivity contribution in [2.45, 2.75) is 38.1 Å². The minimum atomic E-state index is 0.714. The average Bonchev–Trinajstić information content (AvgIpc) is 2.31. The first-order chi connectivity index (χ1) is 7.31. The van der Waals surface area contributed by atoms with Crippen molar-refractivity contribution in [1.82, 2.24) is 5.32 Å². The van der Waals surface area contributed by atoms with Crippen molar-refractivity contribution in [3.05, 3.63) is 35.9 Å². The highest BCUT2D eigenvalue weighted by Gasteiger charge is 2.27. The molecule has 1 aliphatic carbocycles. The van der Waals surface area contributed by atoms with Gasteiger partial charge in [-0.1, -0.05) is 37.3 Å². The highest BCUT2D eigenvalue weighted by molar-refractivity contribution is 5.21. The van der Waals surface area contributed by atoms with Crippen LogP contribution in [0, 0.1) is 5.92 Å². The number of hydrogen-bond acceptors (Lipinski definition) is 1. The summed E-state index contributed by atoms with van der Waals surface area (Å²) in [4.78, 5) is 0. The first-order valence-electron chi connectivity index (χ1n) is 6.03. The molecule has 0 spiro atoms. The lowest BCUT2D eigenvalue weighted by molar-refractivity contribution is 0.277. The van der Waals surface area contributed by atoms with E-state index in [-0.39, 0.29) is 0 Å². The molecule has 1 saturated carbocycles. The molecule has 1 aliphatic rings. The number of benzene rings is 1. The fourth-order valence-corrected chi connectivity index (χ4v) is 2.75. The van der Waals surface area contributed by atoms with Gasteiger partial charge < -0.3 is 5.32 Å². The van der Waals surface area contributed by atoms with Gasteiger partial charge in [0.1, 0.15) is 0 Å². The SMILES string of the molecule is CNC1CCC(C)C(c2ccccc2)C1. The van der Waals surface area contributed by atoms with E-state index in [2.05, 4.69) is 49.6 Å². The van der Waals surface area contributed by atoms with Crippen LogP contribution in [-0.4, -0.2) is 13.1 Å². The molecule has 1 N–H and O–H groups in total. The fourth-order valence-electron chi connectivity index (χ4n) is 2.75. The maximum atomic E-state index is 3.42. The molecule has 0 saturated heterocycles. The lowest BCUT2D eigenvalue weighted by atomic mass is 9.74. The monoisotopic (exact) mass is 203 g/mol. The highest BCUT2D eigenvalue weighted by atomic mass is 14.9. The van der Waals surface area contributed by atoms with E-state index in [4.69, 9.17) is 0 Å². The molecule has 3 atom stereocenters. The minimum Gasteiger partial charge on any atom is -0.317 e. The normalized spacial score (nSPS) is 31.5. The summed E-state index contributed by atoms with van der Waals surface area (Å²) in [5, 5.41) is 3.42. The molecular formula is C14H21N. The highest BCUT2D eigenvalue weighted by Crippen LogP contribution is 2.37.